The van der Waals surface area contributed by atoms with E-state index in [9.17, 15) is 9.59 Å². The van der Waals surface area contributed by atoms with Crippen LogP contribution in [0.3, 0.4) is 0 Å². The second-order valence-electron chi connectivity index (χ2n) is 6.57. The summed E-state index contributed by atoms with van der Waals surface area (Å²) in [5, 5.41) is 5.45. The average Bonchev–Trinajstić information content (AvgIpc) is 2.58. The van der Waals surface area contributed by atoms with Crippen LogP contribution in [0.25, 0.3) is 0 Å². The number of pyridine rings is 1. The van der Waals surface area contributed by atoms with Crippen molar-refractivity contribution in [2.45, 2.75) is 39.0 Å². The van der Waals surface area contributed by atoms with E-state index in [0.29, 0.717) is 12.1 Å². The zero-order valence-corrected chi connectivity index (χ0v) is 14.7. The highest BCUT2D eigenvalue weighted by atomic mass is 16.6. The van der Waals surface area contributed by atoms with Gasteiger partial charge in [-0.1, -0.05) is 36.4 Å². The molecule has 0 unspecified atom stereocenters. The standard InChI is InChI=1S/C19H23N3O3/c1-19(2,3)25-18(24)22-16(15-9-5-4-6-10-15)17(23)21-13-14-8-7-11-20-12-14/h4-12,16H,13H2,1-3H3,(H,21,23)(H,22,24)/t16-/m0/s1. The Bertz CT molecular complexity index is 697. The lowest BCUT2D eigenvalue weighted by Gasteiger charge is -2.23. The number of nitrogens with zero attached hydrogens (tertiary/aromatic N) is 1. The fourth-order valence-corrected chi connectivity index (χ4v) is 2.17. The monoisotopic (exact) mass is 341 g/mol. The number of carbonyl (C=O) groups is 2. The van der Waals surface area contributed by atoms with E-state index in [2.05, 4.69) is 15.6 Å². The van der Waals surface area contributed by atoms with Crippen molar-refractivity contribution in [2.24, 2.45) is 0 Å². The van der Waals surface area contributed by atoms with Crippen LogP contribution in [-0.2, 0) is 16.1 Å². The van der Waals surface area contributed by atoms with Crippen molar-refractivity contribution in [3.8, 4) is 0 Å². The van der Waals surface area contributed by atoms with Gasteiger partial charge >= 0.3 is 6.09 Å². The van der Waals surface area contributed by atoms with Crippen LogP contribution in [0, 0.1) is 0 Å². The van der Waals surface area contributed by atoms with Gasteiger partial charge < -0.3 is 15.4 Å². The van der Waals surface area contributed by atoms with Gasteiger partial charge in [-0.25, -0.2) is 4.79 Å². The molecule has 6 heteroatoms. The molecule has 2 aromatic rings. The summed E-state index contributed by atoms with van der Waals surface area (Å²) in [6.45, 7) is 5.64. The molecule has 0 saturated heterocycles. The third-order valence-electron chi connectivity index (χ3n) is 3.25. The molecule has 0 bridgehead atoms. The number of nitrogens with one attached hydrogen (secondary N) is 2. The maximum atomic E-state index is 12.6. The van der Waals surface area contributed by atoms with Crippen LogP contribution >= 0.6 is 0 Å². The second kappa shape index (κ2) is 8.28. The van der Waals surface area contributed by atoms with Crippen LogP contribution < -0.4 is 10.6 Å². The number of benzene rings is 1. The minimum Gasteiger partial charge on any atom is -0.444 e. The molecule has 6 nitrogen and oxygen atoms in total. The molecule has 0 saturated carbocycles. The molecule has 132 valence electrons. The maximum absolute atomic E-state index is 12.6. The first-order chi connectivity index (χ1) is 11.8. The van der Waals surface area contributed by atoms with Crippen LogP contribution in [0.4, 0.5) is 4.79 Å². The normalized spacial score (nSPS) is 12.1. The van der Waals surface area contributed by atoms with E-state index in [1.165, 1.54) is 0 Å². The maximum Gasteiger partial charge on any atom is 0.408 e. The van der Waals surface area contributed by atoms with E-state index >= 15 is 0 Å². The lowest BCUT2D eigenvalue weighted by atomic mass is 10.1. The number of ether oxygens (including phenoxy) is 1. The van der Waals surface area contributed by atoms with Crippen molar-refractivity contribution in [3.05, 3.63) is 66.0 Å². The third kappa shape index (κ3) is 6.25. The van der Waals surface area contributed by atoms with Gasteiger partial charge in [0.15, 0.2) is 0 Å². The van der Waals surface area contributed by atoms with Gasteiger partial charge in [0.1, 0.15) is 11.6 Å². The zero-order valence-electron chi connectivity index (χ0n) is 14.7. The van der Waals surface area contributed by atoms with Gasteiger partial charge in [0, 0.05) is 18.9 Å². The summed E-state index contributed by atoms with van der Waals surface area (Å²) in [6, 6.07) is 11.9. The Morgan fingerprint density at radius 2 is 1.84 bits per heavy atom. The highest BCUT2D eigenvalue weighted by molar-refractivity contribution is 5.86. The van der Waals surface area contributed by atoms with E-state index < -0.39 is 17.7 Å². The summed E-state index contributed by atoms with van der Waals surface area (Å²) in [5.41, 5.74) is 0.911. The zero-order chi connectivity index (χ0) is 18.3. The van der Waals surface area contributed by atoms with Crippen LogP contribution in [0.2, 0.25) is 0 Å². The number of carbonyl (C=O) groups excluding carboxylic acids is 2. The van der Waals surface area contributed by atoms with Crippen molar-refractivity contribution in [3.63, 3.8) is 0 Å². The van der Waals surface area contributed by atoms with Crippen LogP contribution in [0.5, 0.6) is 0 Å². The fraction of sp³-hybridized carbons (Fsp3) is 0.316. The van der Waals surface area contributed by atoms with Crippen molar-refractivity contribution in [1.29, 1.82) is 0 Å². The molecule has 1 aromatic carbocycles. The summed E-state index contributed by atoms with van der Waals surface area (Å²) >= 11 is 0. The van der Waals surface area contributed by atoms with E-state index in [1.54, 1.807) is 51.4 Å². The van der Waals surface area contributed by atoms with E-state index in [0.717, 1.165) is 5.56 Å². The molecule has 2 amide bonds. The highest BCUT2D eigenvalue weighted by Gasteiger charge is 2.25. The first-order valence-electron chi connectivity index (χ1n) is 8.06. The molecule has 0 spiro atoms. The van der Waals surface area contributed by atoms with Gasteiger partial charge in [0.05, 0.1) is 0 Å². The van der Waals surface area contributed by atoms with Gasteiger partial charge in [0.25, 0.3) is 0 Å². The molecule has 1 aromatic heterocycles. The summed E-state index contributed by atoms with van der Waals surface area (Å²) in [5.74, 6) is -0.319. The summed E-state index contributed by atoms with van der Waals surface area (Å²) < 4.78 is 5.26. The summed E-state index contributed by atoms with van der Waals surface area (Å²) in [7, 11) is 0. The van der Waals surface area contributed by atoms with Crippen molar-refractivity contribution in [1.82, 2.24) is 15.6 Å². The minimum atomic E-state index is -0.840. The smallest absolute Gasteiger partial charge is 0.408 e. The Morgan fingerprint density at radius 1 is 1.12 bits per heavy atom. The highest BCUT2D eigenvalue weighted by Crippen LogP contribution is 2.15. The Kier molecular flexibility index (Phi) is 6.11. The number of alkyl carbamates (subject to hydrolysis) is 1. The first kappa shape index (κ1) is 18.4. The van der Waals surface area contributed by atoms with E-state index in [-0.39, 0.29) is 5.91 Å². The topological polar surface area (TPSA) is 80.3 Å². The van der Waals surface area contributed by atoms with Crippen LogP contribution in [-0.4, -0.2) is 22.6 Å². The fourth-order valence-electron chi connectivity index (χ4n) is 2.17. The van der Waals surface area contributed by atoms with Crippen molar-refractivity contribution < 1.29 is 14.3 Å². The molecule has 2 rings (SSSR count). The Morgan fingerprint density at radius 3 is 2.44 bits per heavy atom. The first-order valence-corrected chi connectivity index (χ1v) is 8.06. The molecular weight excluding hydrogens is 318 g/mol. The number of hydrogen-bond acceptors (Lipinski definition) is 4. The predicted octanol–water partition coefficient (Wildman–Crippen LogP) is 2.96. The molecule has 1 heterocycles. The van der Waals surface area contributed by atoms with Crippen LogP contribution in [0.1, 0.15) is 37.9 Å². The Labute approximate surface area is 147 Å². The molecule has 0 aliphatic heterocycles. The largest absolute Gasteiger partial charge is 0.444 e. The summed E-state index contributed by atoms with van der Waals surface area (Å²) in [6.07, 6.45) is 2.71. The molecule has 0 aliphatic carbocycles. The number of amides is 2. The molecule has 0 fully saturated rings. The van der Waals surface area contributed by atoms with Crippen molar-refractivity contribution >= 4 is 12.0 Å². The SMILES string of the molecule is CC(C)(C)OC(=O)N[C@H](C(=O)NCc1cccnc1)c1ccccc1. The van der Waals surface area contributed by atoms with Gasteiger partial charge in [-0.15, -0.1) is 0 Å². The molecule has 25 heavy (non-hydrogen) atoms. The van der Waals surface area contributed by atoms with Gasteiger partial charge in [-0.2, -0.15) is 0 Å². The Hall–Kier alpha value is -2.89. The molecule has 0 radical (unpaired) electrons. The van der Waals surface area contributed by atoms with Gasteiger partial charge in [-0.3, -0.25) is 9.78 Å². The number of hydrogen-bond donors (Lipinski definition) is 2. The Balaban J connectivity index is 2.08. The third-order valence-corrected chi connectivity index (χ3v) is 3.25. The van der Waals surface area contributed by atoms with Gasteiger partial charge in [0.2, 0.25) is 5.91 Å². The number of rotatable bonds is 5. The molecule has 0 aliphatic rings. The second-order valence-corrected chi connectivity index (χ2v) is 6.57. The lowest BCUT2D eigenvalue weighted by Crippen LogP contribution is -2.42. The summed E-state index contributed by atoms with van der Waals surface area (Å²) in [4.78, 5) is 28.7. The molecule has 1 atom stereocenters. The van der Waals surface area contributed by atoms with Gasteiger partial charge in [-0.05, 0) is 38.0 Å². The number of aromatic nitrogens is 1. The molecular formula is C19H23N3O3. The van der Waals surface area contributed by atoms with E-state index in [4.69, 9.17) is 4.74 Å². The van der Waals surface area contributed by atoms with Crippen molar-refractivity contribution in [2.75, 3.05) is 0 Å². The quantitative estimate of drug-likeness (QED) is 0.876. The predicted molar refractivity (Wildman–Crippen MR) is 94.6 cm³/mol. The minimum absolute atomic E-state index is 0.319. The molecule has 2 N–H and O–H groups in total. The average molecular weight is 341 g/mol. The lowest BCUT2D eigenvalue weighted by molar-refractivity contribution is -0.123. The van der Waals surface area contributed by atoms with Crippen LogP contribution in [0.15, 0.2) is 54.9 Å². The van der Waals surface area contributed by atoms with E-state index in [1.807, 2.05) is 24.3 Å².